The average Bonchev–Trinajstić information content (AvgIpc) is 4.09. The molecular weight excluding hydrogens is 922 g/mol. The normalized spacial score (nSPS) is 22.8. The maximum Gasteiger partial charge on any atom is 0.264 e. The van der Waals surface area contributed by atoms with Crippen molar-refractivity contribution in [2.24, 2.45) is 18.4 Å². The summed E-state index contributed by atoms with van der Waals surface area (Å²) in [5, 5.41) is 24.4. The van der Waals surface area contributed by atoms with Crippen molar-refractivity contribution in [3.8, 4) is 23.2 Å². The number of imidazole rings is 1. The molecular formula is C54H65ClF2N12O2. The van der Waals surface area contributed by atoms with Gasteiger partial charge >= 0.3 is 0 Å². The molecule has 1 spiro atoms. The number of rotatable bonds is 10. The standard InChI is InChI=1S/C54H65ClF2N12O2/c1-35-28-54(33-68(35)41-11-8-39(29-58)46(55)26-41)17-23-65(24-18-54)50-12-13-51(61-60-50)71-42-14-20-64(21-15-42)30-37-6-9-40(10-7-37)69-48-16-22-66(36(2)70)31-45(48)53(62-69)67-19-4-5-38-25-43(47-32-63(3)34-59-47)44(52(56)57)27-49(38)67/h8,11-13,25-27,32,34-35,37,40,42,52H,4-7,9-10,14-24,28,30-31,33H2,1-3H3/t35-,37?,40?/m0/s1. The Balaban J connectivity index is 0.676. The lowest BCUT2D eigenvalue weighted by molar-refractivity contribution is -0.129. The van der Waals surface area contributed by atoms with E-state index < -0.39 is 6.43 Å². The molecule has 2 aromatic carbocycles. The molecule has 0 unspecified atom stereocenters. The third-order valence-corrected chi connectivity index (χ3v) is 17.1. The van der Waals surface area contributed by atoms with E-state index in [-0.39, 0.29) is 29.0 Å². The van der Waals surface area contributed by atoms with Gasteiger partial charge in [0, 0.05) is 125 Å². The van der Waals surface area contributed by atoms with Crippen molar-refractivity contribution in [1.29, 1.82) is 5.26 Å². The fourth-order valence-corrected chi connectivity index (χ4v) is 13.1. The summed E-state index contributed by atoms with van der Waals surface area (Å²) in [7, 11) is 1.85. The van der Waals surface area contributed by atoms with Crippen molar-refractivity contribution in [2.45, 2.75) is 122 Å². The number of aromatic nitrogens is 6. The summed E-state index contributed by atoms with van der Waals surface area (Å²) >= 11 is 6.41. The minimum absolute atomic E-state index is 0.0217. The van der Waals surface area contributed by atoms with E-state index in [0.29, 0.717) is 59.3 Å². The highest BCUT2D eigenvalue weighted by Crippen LogP contribution is 2.47. The number of anilines is 4. The first-order valence-corrected chi connectivity index (χ1v) is 26.3. The number of likely N-dealkylation sites (tertiary alicyclic amines) is 1. The van der Waals surface area contributed by atoms with Gasteiger partial charge in [-0.3, -0.25) is 9.48 Å². The summed E-state index contributed by atoms with van der Waals surface area (Å²) in [4.78, 5) is 28.6. The van der Waals surface area contributed by atoms with E-state index in [1.807, 2.05) is 42.3 Å². The second-order valence-electron chi connectivity index (χ2n) is 21.4. The third-order valence-electron chi connectivity index (χ3n) is 16.8. The summed E-state index contributed by atoms with van der Waals surface area (Å²) in [6.07, 6.45) is 12.8. The van der Waals surface area contributed by atoms with E-state index in [0.717, 1.165) is 150 Å². The topological polar surface area (TPSA) is 128 Å². The van der Waals surface area contributed by atoms with E-state index in [1.54, 1.807) is 30.1 Å². The number of nitriles is 1. The van der Waals surface area contributed by atoms with Crippen LogP contribution in [0.1, 0.15) is 118 Å². The van der Waals surface area contributed by atoms with Crippen LogP contribution < -0.4 is 19.4 Å². The van der Waals surface area contributed by atoms with Gasteiger partial charge in [0.2, 0.25) is 11.8 Å². The number of nitrogens with zero attached hydrogens (tertiary/aromatic N) is 12. The summed E-state index contributed by atoms with van der Waals surface area (Å²) in [5.41, 5.74) is 6.90. The highest BCUT2D eigenvalue weighted by molar-refractivity contribution is 6.32. The number of piperidine rings is 2. The Bertz CT molecular complexity index is 2780. The van der Waals surface area contributed by atoms with Crippen LogP contribution in [-0.2, 0) is 31.2 Å². The molecule has 0 radical (unpaired) electrons. The molecule has 14 nitrogen and oxygen atoms in total. The highest BCUT2D eigenvalue weighted by Gasteiger charge is 2.44. The molecule has 8 heterocycles. The number of fused-ring (bicyclic) bond motifs is 2. The van der Waals surface area contributed by atoms with Crippen molar-refractivity contribution in [2.75, 3.05) is 67.1 Å². The zero-order chi connectivity index (χ0) is 49.0. The first-order valence-electron chi connectivity index (χ1n) is 25.9. The zero-order valence-electron chi connectivity index (χ0n) is 41.2. The number of aryl methyl sites for hydroxylation is 2. The number of ether oxygens (including phenoxy) is 1. The van der Waals surface area contributed by atoms with Gasteiger partial charge in [-0.05, 0) is 131 Å². The summed E-state index contributed by atoms with van der Waals surface area (Å²) in [5.74, 6) is 2.95. The maximum atomic E-state index is 14.8. The Kier molecular flexibility index (Phi) is 13.2. The number of hydrogen-bond donors (Lipinski definition) is 0. The molecule has 5 aromatic rings. The summed E-state index contributed by atoms with van der Waals surface area (Å²) in [6.45, 7) is 11.7. The molecule has 11 rings (SSSR count). The minimum Gasteiger partial charge on any atom is -0.473 e. The number of benzene rings is 2. The summed E-state index contributed by atoms with van der Waals surface area (Å²) in [6, 6.07) is 16.2. The second kappa shape index (κ2) is 19.7. The quantitative estimate of drug-likeness (QED) is 0.133. The van der Waals surface area contributed by atoms with Gasteiger partial charge < -0.3 is 33.8 Å². The first-order chi connectivity index (χ1) is 34.4. The molecule has 4 fully saturated rings. The molecule has 1 saturated carbocycles. The fourth-order valence-electron chi connectivity index (χ4n) is 12.9. The lowest BCUT2D eigenvalue weighted by atomic mass is 9.77. The van der Waals surface area contributed by atoms with Crippen LogP contribution in [-0.4, -0.2) is 110 Å². The SMILES string of the molecule is CC(=O)N1CCc2c(c(N3CCCc4cc(-c5cn(C)cn5)c(C(F)F)cc43)nn2C2CCC(CN3CCC(Oc4ccc(N5CCC6(CC5)C[C@H](C)N(c5ccc(C#N)c(Cl)c5)C6)nn4)CC3)CC2)C1. The number of amides is 1. The van der Waals surface area contributed by atoms with Gasteiger partial charge in [0.25, 0.3) is 6.43 Å². The van der Waals surface area contributed by atoms with Crippen LogP contribution in [0.2, 0.25) is 5.02 Å². The number of halogens is 3. The maximum absolute atomic E-state index is 14.8. The first kappa shape index (κ1) is 47.5. The van der Waals surface area contributed by atoms with Gasteiger partial charge in [-0.15, -0.1) is 10.2 Å². The molecule has 1 amide bonds. The third kappa shape index (κ3) is 9.56. The molecule has 17 heteroatoms. The lowest BCUT2D eigenvalue weighted by Gasteiger charge is -2.39. The van der Waals surface area contributed by atoms with Gasteiger partial charge in [0.1, 0.15) is 12.2 Å². The predicted octanol–water partition coefficient (Wildman–Crippen LogP) is 9.69. The number of alkyl halides is 2. The number of carbonyl (C=O) groups is 1. The van der Waals surface area contributed by atoms with Crippen molar-refractivity contribution < 1.29 is 18.3 Å². The molecule has 5 aliphatic heterocycles. The van der Waals surface area contributed by atoms with E-state index >= 15 is 0 Å². The second-order valence-corrected chi connectivity index (χ2v) is 21.8. The minimum atomic E-state index is -2.66. The fraction of sp³-hybridized carbons (Fsp3) is 0.556. The zero-order valence-corrected chi connectivity index (χ0v) is 42.0. The molecule has 3 saturated heterocycles. The number of hydrogen-bond acceptors (Lipinski definition) is 11. The lowest BCUT2D eigenvalue weighted by Crippen LogP contribution is -2.42. The average molecular weight is 988 g/mol. The van der Waals surface area contributed by atoms with Crippen LogP contribution in [0.15, 0.2) is 55.0 Å². The Hall–Kier alpha value is -5.79. The largest absolute Gasteiger partial charge is 0.473 e. The van der Waals surface area contributed by atoms with Crippen molar-refractivity contribution in [1.82, 2.24) is 39.3 Å². The summed E-state index contributed by atoms with van der Waals surface area (Å²) < 4.78 is 40.0. The van der Waals surface area contributed by atoms with E-state index in [2.05, 4.69) is 58.5 Å². The van der Waals surface area contributed by atoms with Gasteiger partial charge in [-0.2, -0.15) is 10.4 Å². The smallest absolute Gasteiger partial charge is 0.264 e. The van der Waals surface area contributed by atoms with Crippen LogP contribution in [0.3, 0.4) is 0 Å². The van der Waals surface area contributed by atoms with Crippen LogP contribution in [0.25, 0.3) is 11.3 Å². The molecule has 0 N–H and O–H groups in total. The van der Waals surface area contributed by atoms with E-state index in [9.17, 15) is 18.8 Å². The van der Waals surface area contributed by atoms with Gasteiger partial charge in [-0.1, -0.05) is 11.6 Å². The highest BCUT2D eigenvalue weighted by atomic mass is 35.5. The van der Waals surface area contributed by atoms with Crippen LogP contribution in [0.5, 0.6) is 5.88 Å². The Morgan fingerprint density at radius 1 is 0.972 bits per heavy atom. The monoisotopic (exact) mass is 987 g/mol. The van der Waals surface area contributed by atoms with Crippen LogP contribution in [0.4, 0.5) is 31.8 Å². The van der Waals surface area contributed by atoms with Crippen LogP contribution in [0, 0.1) is 22.7 Å². The van der Waals surface area contributed by atoms with Crippen LogP contribution >= 0.6 is 11.6 Å². The molecule has 0 bridgehead atoms. The van der Waals surface area contributed by atoms with Gasteiger partial charge in [0.05, 0.1) is 35.2 Å². The molecule has 6 aliphatic rings. The molecule has 71 heavy (non-hydrogen) atoms. The Morgan fingerprint density at radius 2 is 1.77 bits per heavy atom. The Morgan fingerprint density at radius 3 is 2.46 bits per heavy atom. The van der Waals surface area contributed by atoms with Crippen molar-refractivity contribution >= 4 is 40.5 Å². The van der Waals surface area contributed by atoms with Gasteiger partial charge in [0.15, 0.2) is 11.6 Å². The van der Waals surface area contributed by atoms with E-state index in [1.165, 1.54) is 5.69 Å². The van der Waals surface area contributed by atoms with Gasteiger partial charge in [-0.25, -0.2) is 13.8 Å². The van der Waals surface area contributed by atoms with Crippen molar-refractivity contribution in [3.05, 3.63) is 88.0 Å². The molecule has 374 valence electrons. The molecule has 3 aromatic heterocycles. The number of carbonyl (C=O) groups excluding carboxylic acids is 1. The Labute approximate surface area is 420 Å². The molecule has 1 aliphatic carbocycles. The predicted molar refractivity (Wildman–Crippen MR) is 271 cm³/mol. The van der Waals surface area contributed by atoms with Crippen molar-refractivity contribution in [3.63, 3.8) is 0 Å². The van der Waals surface area contributed by atoms with E-state index in [4.69, 9.17) is 21.4 Å². The molecule has 1 atom stereocenters.